The quantitative estimate of drug-likeness (QED) is 0.774. The number of amides is 1. The van der Waals surface area contributed by atoms with Gasteiger partial charge in [-0.1, -0.05) is 41.9 Å². The van der Waals surface area contributed by atoms with E-state index >= 15 is 0 Å². The van der Waals surface area contributed by atoms with Crippen molar-refractivity contribution in [3.63, 3.8) is 0 Å². The highest BCUT2D eigenvalue weighted by atomic mass is 35.5. The molecule has 0 aliphatic carbocycles. The predicted octanol–water partition coefficient (Wildman–Crippen LogP) is 4.42. The zero-order valence-corrected chi connectivity index (χ0v) is 13.3. The van der Waals surface area contributed by atoms with E-state index in [-0.39, 0.29) is 11.9 Å². The van der Waals surface area contributed by atoms with Crippen LogP contribution in [0.2, 0.25) is 4.34 Å². The van der Waals surface area contributed by atoms with Gasteiger partial charge in [0.1, 0.15) is 0 Å². The van der Waals surface area contributed by atoms with Crippen molar-refractivity contribution in [3.05, 3.63) is 63.4 Å². The highest BCUT2D eigenvalue weighted by Gasteiger charge is 2.12. The molecule has 4 nitrogen and oxygen atoms in total. The van der Waals surface area contributed by atoms with Gasteiger partial charge in [0.15, 0.2) is 0 Å². The number of halogens is 1. The summed E-state index contributed by atoms with van der Waals surface area (Å²) in [6.07, 6.45) is 1.70. The number of nitrogens with one attached hydrogen (secondary N) is 1. The molecule has 2 aromatic heterocycles. The maximum absolute atomic E-state index is 12.1. The first-order chi connectivity index (χ1) is 10.6. The fourth-order valence-corrected chi connectivity index (χ4v) is 2.93. The van der Waals surface area contributed by atoms with Gasteiger partial charge in [-0.05, 0) is 24.6 Å². The fourth-order valence-electron chi connectivity index (χ4n) is 1.99. The number of rotatable bonds is 3. The minimum atomic E-state index is -0.264. The molecule has 0 radical (unpaired) electrons. The van der Waals surface area contributed by atoms with Crippen LogP contribution in [0.1, 0.15) is 15.2 Å². The Morgan fingerprint density at radius 3 is 2.64 bits per heavy atom. The standard InChI is InChI=1S/C16H12ClN3OS/c1-10-9-18-16(19-14(10)11-5-3-2-4-6-11)20-15(21)12-7-8-13(17)22-12/h2-9H,1H3,(H,18,19,20,21). The number of benzene rings is 1. The van der Waals surface area contributed by atoms with Crippen LogP contribution in [-0.2, 0) is 0 Å². The SMILES string of the molecule is Cc1cnc(NC(=O)c2ccc(Cl)s2)nc1-c1ccccc1. The highest BCUT2D eigenvalue weighted by Crippen LogP contribution is 2.23. The minimum Gasteiger partial charge on any atom is -0.290 e. The van der Waals surface area contributed by atoms with E-state index in [0.717, 1.165) is 16.8 Å². The summed E-state index contributed by atoms with van der Waals surface area (Å²) in [6.45, 7) is 1.94. The molecule has 0 saturated heterocycles. The van der Waals surface area contributed by atoms with Crippen molar-refractivity contribution in [3.8, 4) is 11.3 Å². The molecule has 0 atom stereocenters. The molecule has 0 aliphatic rings. The summed E-state index contributed by atoms with van der Waals surface area (Å²) in [6, 6.07) is 13.1. The van der Waals surface area contributed by atoms with Gasteiger partial charge < -0.3 is 0 Å². The maximum Gasteiger partial charge on any atom is 0.268 e. The topological polar surface area (TPSA) is 54.9 Å². The molecule has 22 heavy (non-hydrogen) atoms. The van der Waals surface area contributed by atoms with Gasteiger partial charge >= 0.3 is 0 Å². The number of thiophene rings is 1. The number of carbonyl (C=O) groups is 1. The molecule has 2 heterocycles. The van der Waals surface area contributed by atoms with E-state index < -0.39 is 0 Å². The number of hydrogen-bond acceptors (Lipinski definition) is 4. The lowest BCUT2D eigenvalue weighted by Crippen LogP contribution is -2.13. The van der Waals surface area contributed by atoms with Crippen molar-refractivity contribution in [2.45, 2.75) is 6.92 Å². The van der Waals surface area contributed by atoms with Gasteiger partial charge in [0.2, 0.25) is 5.95 Å². The zero-order valence-electron chi connectivity index (χ0n) is 11.7. The van der Waals surface area contributed by atoms with Gasteiger partial charge in [0.05, 0.1) is 14.9 Å². The predicted molar refractivity (Wildman–Crippen MR) is 89.5 cm³/mol. The number of nitrogens with zero attached hydrogens (tertiary/aromatic N) is 2. The van der Waals surface area contributed by atoms with Crippen molar-refractivity contribution in [2.75, 3.05) is 5.32 Å². The summed E-state index contributed by atoms with van der Waals surface area (Å²) >= 11 is 7.06. The van der Waals surface area contributed by atoms with E-state index in [0.29, 0.717) is 9.21 Å². The van der Waals surface area contributed by atoms with Gasteiger partial charge in [0, 0.05) is 11.8 Å². The van der Waals surface area contributed by atoms with Gasteiger partial charge in [-0.25, -0.2) is 9.97 Å². The molecular weight excluding hydrogens is 318 g/mol. The van der Waals surface area contributed by atoms with E-state index in [1.807, 2.05) is 37.3 Å². The van der Waals surface area contributed by atoms with Crippen LogP contribution in [0.25, 0.3) is 11.3 Å². The van der Waals surface area contributed by atoms with Crippen LogP contribution in [-0.4, -0.2) is 15.9 Å². The summed E-state index contributed by atoms with van der Waals surface area (Å²) in [7, 11) is 0. The van der Waals surface area contributed by atoms with E-state index in [9.17, 15) is 4.79 Å². The molecule has 0 bridgehead atoms. The Hall–Kier alpha value is -2.24. The Morgan fingerprint density at radius 2 is 1.95 bits per heavy atom. The van der Waals surface area contributed by atoms with Crippen LogP contribution < -0.4 is 5.32 Å². The van der Waals surface area contributed by atoms with Crippen molar-refractivity contribution >= 4 is 34.8 Å². The number of aryl methyl sites for hydroxylation is 1. The molecule has 3 rings (SSSR count). The van der Waals surface area contributed by atoms with Gasteiger partial charge in [-0.3, -0.25) is 10.1 Å². The average molecular weight is 330 g/mol. The first kappa shape index (κ1) is 14.7. The summed E-state index contributed by atoms with van der Waals surface area (Å²) in [5.41, 5.74) is 2.73. The van der Waals surface area contributed by atoms with Crippen LogP contribution in [0.15, 0.2) is 48.7 Å². The maximum atomic E-state index is 12.1. The first-order valence-corrected chi connectivity index (χ1v) is 7.78. The molecular formula is C16H12ClN3OS. The molecule has 6 heteroatoms. The van der Waals surface area contributed by atoms with Crippen molar-refractivity contribution in [2.24, 2.45) is 0 Å². The number of hydrogen-bond donors (Lipinski definition) is 1. The number of carbonyl (C=O) groups excluding carboxylic acids is 1. The Balaban J connectivity index is 1.88. The molecule has 1 aromatic carbocycles. The Morgan fingerprint density at radius 1 is 1.18 bits per heavy atom. The first-order valence-electron chi connectivity index (χ1n) is 6.59. The largest absolute Gasteiger partial charge is 0.290 e. The van der Waals surface area contributed by atoms with Crippen LogP contribution in [0.3, 0.4) is 0 Å². The van der Waals surface area contributed by atoms with Crippen LogP contribution in [0.5, 0.6) is 0 Å². The molecule has 0 saturated carbocycles. The zero-order chi connectivity index (χ0) is 15.5. The highest BCUT2D eigenvalue weighted by molar-refractivity contribution is 7.18. The lowest BCUT2D eigenvalue weighted by molar-refractivity contribution is 0.102. The summed E-state index contributed by atoms with van der Waals surface area (Å²) in [5, 5.41) is 2.70. The van der Waals surface area contributed by atoms with Gasteiger partial charge in [0.25, 0.3) is 5.91 Å². The second-order valence-corrected chi connectivity index (χ2v) is 6.36. The monoisotopic (exact) mass is 329 g/mol. The molecule has 3 aromatic rings. The van der Waals surface area contributed by atoms with Crippen molar-refractivity contribution < 1.29 is 4.79 Å². The Kier molecular flexibility index (Phi) is 4.18. The van der Waals surface area contributed by atoms with E-state index in [2.05, 4.69) is 15.3 Å². The molecule has 0 aliphatic heterocycles. The normalized spacial score (nSPS) is 10.5. The Labute approximate surface area is 136 Å². The Bertz CT molecular complexity index is 817. The van der Waals surface area contributed by atoms with E-state index in [1.54, 1.807) is 18.3 Å². The summed E-state index contributed by atoms with van der Waals surface area (Å²) in [5.74, 6) is 0.0127. The average Bonchev–Trinajstić information content (AvgIpc) is 2.97. The van der Waals surface area contributed by atoms with Crippen LogP contribution in [0, 0.1) is 6.92 Å². The van der Waals surface area contributed by atoms with E-state index in [4.69, 9.17) is 11.6 Å². The molecule has 0 fully saturated rings. The summed E-state index contributed by atoms with van der Waals surface area (Å²) < 4.78 is 0.569. The number of anilines is 1. The number of aromatic nitrogens is 2. The third kappa shape index (κ3) is 3.16. The lowest BCUT2D eigenvalue weighted by Gasteiger charge is -2.08. The van der Waals surface area contributed by atoms with Crippen LogP contribution in [0.4, 0.5) is 5.95 Å². The van der Waals surface area contributed by atoms with Gasteiger partial charge in [-0.15, -0.1) is 11.3 Å². The van der Waals surface area contributed by atoms with E-state index in [1.165, 1.54) is 11.3 Å². The smallest absolute Gasteiger partial charge is 0.268 e. The fraction of sp³-hybridized carbons (Fsp3) is 0.0625. The third-order valence-electron chi connectivity index (χ3n) is 3.04. The lowest BCUT2D eigenvalue weighted by atomic mass is 10.1. The third-order valence-corrected chi connectivity index (χ3v) is 4.27. The van der Waals surface area contributed by atoms with Crippen LogP contribution >= 0.6 is 22.9 Å². The molecule has 110 valence electrons. The molecule has 1 N–H and O–H groups in total. The second kappa shape index (κ2) is 6.25. The second-order valence-electron chi connectivity index (χ2n) is 4.65. The molecule has 0 unspecified atom stereocenters. The van der Waals surface area contributed by atoms with Crippen molar-refractivity contribution in [1.29, 1.82) is 0 Å². The van der Waals surface area contributed by atoms with Gasteiger partial charge in [-0.2, -0.15) is 0 Å². The van der Waals surface area contributed by atoms with Crippen molar-refractivity contribution in [1.82, 2.24) is 9.97 Å². The summed E-state index contributed by atoms with van der Waals surface area (Å²) in [4.78, 5) is 21.3. The minimum absolute atomic E-state index is 0.264. The molecule has 0 spiro atoms. The molecule has 1 amide bonds.